The van der Waals surface area contributed by atoms with Crippen LogP contribution in [0.5, 0.6) is 0 Å². The van der Waals surface area contributed by atoms with E-state index >= 15 is 0 Å². The summed E-state index contributed by atoms with van der Waals surface area (Å²) >= 11 is 6.98. The second kappa shape index (κ2) is 9.20. The van der Waals surface area contributed by atoms with Crippen LogP contribution in [0.15, 0.2) is 70.3 Å². The molecule has 0 aliphatic carbocycles. The standard InChI is InChI=1S/C22H16ClN3O4S/c1-29-21(28)17-10-14-4-2-3-5-15(14)11-18(17)24-19(27)12-31-22-26-25-20(30-22)13-6-8-16(23)9-7-13/h2-11H,12H2,1H3,(H,24,27). The van der Waals surface area contributed by atoms with Crippen LogP contribution in [0.25, 0.3) is 22.2 Å². The van der Waals surface area contributed by atoms with Gasteiger partial charge < -0.3 is 14.5 Å². The van der Waals surface area contributed by atoms with Crippen molar-refractivity contribution in [3.8, 4) is 11.5 Å². The van der Waals surface area contributed by atoms with E-state index in [9.17, 15) is 9.59 Å². The molecule has 1 N–H and O–H groups in total. The molecule has 0 aliphatic heterocycles. The van der Waals surface area contributed by atoms with Gasteiger partial charge in [-0.05, 0) is 47.2 Å². The molecule has 4 aromatic rings. The van der Waals surface area contributed by atoms with E-state index in [0.717, 1.165) is 28.1 Å². The number of rotatable bonds is 6. The lowest BCUT2D eigenvalue weighted by molar-refractivity contribution is -0.113. The number of halogens is 1. The van der Waals surface area contributed by atoms with E-state index in [1.54, 1.807) is 36.4 Å². The molecule has 0 spiro atoms. The summed E-state index contributed by atoms with van der Waals surface area (Å²) in [6.07, 6.45) is 0. The molecule has 31 heavy (non-hydrogen) atoms. The van der Waals surface area contributed by atoms with Crippen LogP contribution in [0.2, 0.25) is 5.02 Å². The molecular weight excluding hydrogens is 438 g/mol. The van der Waals surface area contributed by atoms with E-state index in [2.05, 4.69) is 15.5 Å². The van der Waals surface area contributed by atoms with Crippen LogP contribution in [0.4, 0.5) is 5.69 Å². The van der Waals surface area contributed by atoms with Gasteiger partial charge in [-0.15, -0.1) is 10.2 Å². The average Bonchev–Trinajstić information content (AvgIpc) is 3.26. The Hall–Kier alpha value is -3.36. The van der Waals surface area contributed by atoms with E-state index in [-0.39, 0.29) is 22.4 Å². The molecule has 0 saturated heterocycles. The number of methoxy groups -OCH3 is 1. The number of aromatic nitrogens is 2. The Morgan fingerprint density at radius 2 is 1.77 bits per heavy atom. The number of hydrogen-bond donors (Lipinski definition) is 1. The first-order chi connectivity index (χ1) is 15.0. The zero-order valence-electron chi connectivity index (χ0n) is 16.3. The average molecular weight is 454 g/mol. The summed E-state index contributed by atoms with van der Waals surface area (Å²) in [4.78, 5) is 24.7. The smallest absolute Gasteiger partial charge is 0.339 e. The summed E-state index contributed by atoms with van der Waals surface area (Å²) in [6, 6.07) is 18.0. The number of carbonyl (C=O) groups is 2. The molecule has 0 radical (unpaired) electrons. The molecule has 4 rings (SSSR count). The number of nitrogens with zero attached hydrogens (tertiary/aromatic N) is 2. The lowest BCUT2D eigenvalue weighted by atomic mass is 10.0. The van der Waals surface area contributed by atoms with E-state index in [4.69, 9.17) is 20.8 Å². The fraction of sp³-hybridized carbons (Fsp3) is 0.0909. The number of anilines is 1. The first-order valence-corrected chi connectivity index (χ1v) is 10.5. The fourth-order valence-corrected chi connectivity index (χ4v) is 3.60. The van der Waals surface area contributed by atoms with Crippen molar-refractivity contribution in [3.05, 3.63) is 71.2 Å². The summed E-state index contributed by atoms with van der Waals surface area (Å²) in [7, 11) is 1.30. The van der Waals surface area contributed by atoms with Gasteiger partial charge in [0.1, 0.15) is 0 Å². The minimum atomic E-state index is -0.529. The maximum atomic E-state index is 12.5. The molecule has 0 atom stereocenters. The Balaban J connectivity index is 1.46. The fourth-order valence-electron chi connectivity index (χ4n) is 2.91. The SMILES string of the molecule is COC(=O)c1cc2ccccc2cc1NC(=O)CSc1nnc(-c2ccc(Cl)cc2)o1. The number of hydrogen-bond acceptors (Lipinski definition) is 7. The molecule has 0 saturated carbocycles. The maximum Gasteiger partial charge on any atom is 0.339 e. The van der Waals surface area contributed by atoms with Crippen LogP contribution < -0.4 is 5.32 Å². The van der Waals surface area contributed by atoms with Gasteiger partial charge in [0.15, 0.2) is 0 Å². The second-order valence-corrected chi connectivity index (χ2v) is 7.82. The number of nitrogens with one attached hydrogen (secondary N) is 1. The Bertz CT molecular complexity index is 1260. The summed E-state index contributed by atoms with van der Waals surface area (Å²) in [5.74, 6) is -0.493. The van der Waals surface area contributed by atoms with Gasteiger partial charge >= 0.3 is 5.97 Å². The minimum absolute atomic E-state index is 0.0235. The molecule has 0 unspecified atom stereocenters. The monoisotopic (exact) mass is 453 g/mol. The van der Waals surface area contributed by atoms with E-state index in [0.29, 0.717) is 16.6 Å². The molecule has 1 amide bonds. The number of fused-ring (bicyclic) bond motifs is 1. The van der Waals surface area contributed by atoms with Gasteiger partial charge in [0.2, 0.25) is 11.8 Å². The quantitative estimate of drug-likeness (QED) is 0.322. The van der Waals surface area contributed by atoms with E-state index in [1.165, 1.54) is 7.11 Å². The lowest BCUT2D eigenvalue weighted by Gasteiger charge is -2.11. The van der Waals surface area contributed by atoms with Crippen molar-refractivity contribution in [2.24, 2.45) is 0 Å². The highest BCUT2D eigenvalue weighted by Gasteiger charge is 2.17. The molecule has 156 valence electrons. The number of thioether (sulfide) groups is 1. The number of esters is 1. The van der Waals surface area contributed by atoms with Gasteiger partial charge in [-0.1, -0.05) is 47.6 Å². The Kier molecular flexibility index (Phi) is 6.20. The van der Waals surface area contributed by atoms with Crippen molar-refractivity contribution >= 4 is 51.7 Å². The zero-order chi connectivity index (χ0) is 21.8. The topological polar surface area (TPSA) is 94.3 Å². The van der Waals surface area contributed by atoms with Crippen molar-refractivity contribution in [3.63, 3.8) is 0 Å². The molecule has 0 fully saturated rings. The predicted molar refractivity (Wildman–Crippen MR) is 119 cm³/mol. The molecule has 0 aliphatic rings. The molecule has 9 heteroatoms. The Morgan fingerprint density at radius 1 is 1.06 bits per heavy atom. The first kappa shape index (κ1) is 20.9. The summed E-state index contributed by atoms with van der Waals surface area (Å²) < 4.78 is 10.4. The third kappa shape index (κ3) is 4.87. The maximum absolute atomic E-state index is 12.5. The van der Waals surface area contributed by atoms with E-state index < -0.39 is 5.97 Å². The predicted octanol–water partition coefficient (Wildman–Crippen LogP) is 5.06. The summed E-state index contributed by atoms with van der Waals surface area (Å²) in [5, 5.41) is 13.3. The third-order valence-electron chi connectivity index (χ3n) is 4.39. The van der Waals surface area contributed by atoms with Crippen LogP contribution in [-0.2, 0) is 9.53 Å². The van der Waals surface area contributed by atoms with Crippen LogP contribution >= 0.6 is 23.4 Å². The van der Waals surface area contributed by atoms with Gasteiger partial charge in [-0.3, -0.25) is 4.79 Å². The van der Waals surface area contributed by atoms with Crippen LogP contribution in [0, 0.1) is 0 Å². The van der Waals surface area contributed by atoms with Crippen molar-refractivity contribution in [2.45, 2.75) is 5.22 Å². The highest BCUT2D eigenvalue weighted by molar-refractivity contribution is 7.99. The molecule has 7 nitrogen and oxygen atoms in total. The second-order valence-electron chi connectivity index (χ2n) is 6.45. The zero-order valence-corrected chi connectivity index (χ0v) is 17.9. The lowest BCUT2D eigenvalue weighted by Crippen LogP contribution is -2.17. The number of benzene rings is 3. The molecule has 1 aromatic heterocycles. The minimum Gasteiger partial charge on any atom is -0.465 e. The summed E-state index contributed by atoms with van der Waals surface area (Å²) in [5.41, 5.74) is 1.39. The molecule has 1 heterocycles. The van der Waals surface area contributed by atoms with Gasteiger partial charge in [-0.2, -0.15) is 0 Å². The van der Waals surface area contributed by atoms with Crippen LogP contribution in [0.1, 0.15) is 10.4 Å². The van der Waals surface area contributed by atoms with Crippen molar-refractivity contribution < 1.29 is 18.7 Å². The molecular formula is C22H16ClN3O4S. The first-order valence-electron chi connectivity index (χ1n) is 9.16. The van der Waals surface area contributed by atoms with E-state index in [1.807, 2.05) is 24.3 Å². The van der Waals surface area contributed by atoms with Gasteiger partial charge in [-0.25, -0.2) is 4.79 Å². The molecule has 3 aromatic carbocycles. The summed E-state index contributed by atoms with van der Waals surface area (Å²) in [6.45, 7) is 0. The van der Waals surface area contributed by atoms with Crippen LogP contribution in [0.3, 0.4) is 0 Å². The van der Waals surface area contributed by atoms with Crippen LogP contribution in [-0.4, -0.2) is 34.9 Å². The Labute approximate surface area is 186 Å². The number of carbonyl (C=O) groups excluding carboxylic acids is 2. The van der Waals surface area contributed by atoms with Crippen molar-refractivity contribution in [2.75, 3.05) is 18.2 Å². The molecule has 0 bridgehead atoms. The third-order valence-corrected chi connectivity index (χ3v) is 5.46. The van der Waals surface area contributed by atoms with Gasteiger partial charge in [0.05, 0.1) is 24.1 Å². The normalized spacial score (nSPS) is 10.8. The van der Waals surface area contributed by atoms with Crippen molar-refractivity contribution in [1.82, 2.24) is 10.2 Å². The highest BCUT2D eigenvalue weighted by atomic mass is 35.5. The highest BCUT2D eigenvalue weighted by Crippen LogP contribution is 2.27. The Morgan fingerprint density at radius 3 is 2.48 bits per heavy atom. The number of ether oxygens (including phenoxy) is 1. The number of amides is 1. The van der Waals surface area contributed by atoms with Crippen molar-refractivity contribution in [1.29, 1.82) is 0 Å². The largest absolute Gasteiger partial charge is 0.465 e. The van der Waals surface area contributed by atoms with Gasteiger partial charge in [0.25, 0.3) is 5.22 Å². The van der Waals surface area contributed by atoms with Gasteiger partial charge in [0, 0.05) is 10.6 Å².